The number of hydrogen-bond acceptors (Lipinski definition) is 5. The van der Waals surface area contributed by atoms with Crippen molar-refractivity contribution in [3.8, 4) is 0 Å². The smallest absolute Gasteiger partial charge is 0.222 e. The van der Waals surface area contributed by atoms with Gasteiger partial charge < -0.3 is 11.1 Å². The summed E-state index contributed by atoms with van der Waals surface area (Å²) in [5.41, 5.74) is 5.40. The van der Waals surface area contributed by atoms with E-state index < -0.39 is 5.82 Å². The van der Waals surface area contributed by atoms with Crippen molar-refractivity contribution in [2.75, 3.05) is 30.7 Å². The van der Waals surface area contributed by atoms with Gasteiger partial charge in [-0.1, -0.05) is 6.92 Å². The van der Waals surface area contributed by atoms with Crippen LogP contribution >= 0.6 is 0 Å². The maximum absolute atomic E-state index is 13.3. The highest BCUT2D eigenvalue weighted by molar-refractivity contribution is 5.38. The molecule has 2 rings (SSSR count). The summed E-state index contributed by atoms with van der Waals surface area (Å²) in [5.74, 6) is -0.193. The summed E-state index contributed by atoms with van der Waals surface area (Å²) in [7, 11) is 0. The Bertz CT molecular complexity index is 380. The monoisotopic (exact) mass is 239 g/mol. The van der Waals surface area contributed by atoms with E-state index in [-0.39, 0.29) is 11.8 Å². The largest absolute Gasteiger partial charge is 0.368 e. The molecule has 6 heteroatoms. The van der Waals surface area contributed by atoms with Crippen molar-refractivity contribution < 1.29 is 4.39 Å². The summed E-state index contributed by atoms with van der Waals surface area (Å²) in [4.78, 5) is 9.78. The van der Waals surface area contributed by atoms with Crippen molar-refractivity contribution in [1.82, 2.24) is 14.9 Å². The average molecular weight is 239 g/mol. The minimum absolute atomic E-state index is 0.0865. The van der Waals surface area contributed by atoms with Crippen LogP contribution in [0.1, 0.15) is 19.8 Å². The Kier molecular flexibility index (Phi) is 3.73. The molecule has 1 aromatic heterocycles. The average Bonchev–Trinajstić information content (AvgIpc) is 3.13. The normalized spacial score (nSPS) is 15.2. The third-order valence-electron chi connectivity index (χ3n) is 2.92. The van der Waals surface area contributed by atoms with Gasteiger partial charge in [-0.3, -0.25) is 4.90 Å². The van der Waals surface area contributed by atoms with Gasteiger partial charge in [-0.25, -0.2) is 9.37 Å². The first kappa shape index (κ1) is 12.0. The summed E-state index contributed by atoms with van der Waals surface area (Å²) in [5, 5.41) is 2.95. The van der Waals surface area contributed by atoms with Crippen LogP contribution in [0.15, 0.2) is 6.20 Å². The van der Waals surface area contributed by atoms with Crippen molar-refractivity contribution in [2.24, 2.45) is 0 Å². The molecule has 1 heterocycles. The molecule has 0 saturated heterocycles. The Morgan fingerprint density at radius 1 is 1.59 bits per heavy atom. The predicted octanol–water partition coefficient (Wildman–Crippen LogP) is 1.09. The Balaban J connectivity index is 1.82. The van der Waals surface area contributed by atoms with Crippen LogP contribution in [0.25, 0.3) is 0 Å². The molecule has 0 atom stereocenters. The second-order valence-electron chi connectivity index (χ2n) is 4.21. The molecule has 1 fully saturated rings. The number of likely N-dealkylation sites (N-methyl/N-ethyl adjacent to an activating group) is 1. The second-order valence-corrected chi connectivity index (χ2v) is 4.21. The highest BCUT2D eigenvalue weighted by Gasteiger charge is 2.27. The molecule has 0 aromatic carbocycles. The summed E-state index contributed by atoms with van der Waals surface area (Å²) >= 11 is 0. The van der Waals surface area contributed by atoms with E-state index in [0.29, 0.717) is 6.54 Å². The van der Waals surface area contributed by atoms with Crippen LogP contribution in [-0.4, -0.2) is 40.5 Å². The van der Waals surface area contributed by atoms with Crippen molar-refractivity contribution in [1.29, 1.82) is 0 Å². The molecule has 1 saturated carbocycles. The van der Waals surface area contributed by atoms with Gasteiger partial charge in [-0.15, -0.1) is 0 Å². The van der Waals surface area contributed by atoms with Gasteiger partial charge in [0.25, 0.3) is 0 Å². The Morgan fingerprint density at radius 2 is 2.35 bits per heavy atom. The maximum Gasteiger partial charge on any atom is 0.222 e. The lowest BCUT2D eigenvalue weighted by Crippen LogP contribution is -2.31. The molecule has 1 aliphatic rings. The van der Waals surface area contributed by atoms with Gasteiger partial charge in [0.2, 0.25) is 5.95 Å². The van der Waals surface area contributed by atoms with Gasteiger partial charge in [0.05, 0.1) is 6.20 Å². The number of nitrogens with zero attached hydrogens (tertiary/aromatic N) is 3. The van der Waals surface area contributed by atoms with E-state index in [2.05, 4.69) is 27.1 Å². The topological polar surface area (TPSA) is 67.1 Å². The molecule has 17 heavy (non-hydrogen) atoms. The van der Waals surface area contributed by atoms with Crippen LogP contribution in [0.4, 0.5) is 16.2 Å². The van der Waals surface area contributed by atoms with Gasteiger partial charge in [0, 0.05) is 19.1 Å². The van der Waals surface area contributed by atoms with Crippen LogP contribution in [0.3, 0.4) is 0 Å². The van der Waals surface area contributed by atoms with Gasteiger partial charge in [0.1, 0.15) is 0 Å². The van der Waals surface area contributed by atoms with E-state index in [9.17, 15) is 4.39 Å². The minimum Gasteiger partial charge on any atom is -0.368 e. The zero-order valence-corrected chi connectivity index (χ0v) is 9.99. The van der Waals surface area contributed by atoms with Crippen LogP contribution in [0.5, 0.6) is 0 Å². The molecular formula is C11H18FN5. The molecule has 0 unspecified atom stereocenters. The molecule has 5 nitrogen and oxygen atoms in total. The van der Waals surface area contributed by atoms with Gasteiger partial charge in [0.15, 0.2) is 11.6 Å². The number of anilines is 2. The standard InChI is InChI=1S/C11H18FN5/c1-2-17(8-3-4-8)6-5-14-10-9(12)7-15-11(13)16-10/h7-8H,2-6H2,1H3,(H3,13,14,15,16). The zero-order valence-electron chi connectivity index (χ0n) is 9.99. The van der Waals surface area contributed by atoms with Gasteiger partial charge in [-0.2, -0.15) is 4.98 Å². The van der Waals surface area contributed by atoms with E-state index in [1.807, 2.05) is 0 Å². The Hall–Kier alpha value is -1.43. The number of aromatic nitrogens is 2. The second kappa shape index (κ2) is 5.27. The van der Waals surface area contributed by atoms with Crippen molar-refractivity contribution in [3.05, 3.63) is 12.0 Å². The summed E-state index contributed by atoms with van der Waals surface area (Å²) in [6.45, 7) is 4.73. The molecule has 1 aromatic rings. The van der Waals surface area contributed by atoms with Crippen molar-refractivity contribution in [2.45, 2.75) is 25.8 Å². The molecule has 0 spiro atoms. The fourth-order valence-corrected chi connectivity index (χ4v) is 1.86. The fourth-order valence-electron chi connectivity index (χ4n) is 1.86. The minimum atomic E-state index is -0.464. The third kappa shape index (κ3) is 3.26. The molecule has 0 bridgehead atoms. The van der Waals surface area contributed by atoms with E-state index in [4.69, 9.17) is 5.73 Å². The quantitative estimate of drug-likeness (QED) is 0.778. The molecule has 1 aliphatic carbocycles. The molecular weight excluding hydrogens is 221 g/mol. The number of halogens is 1. The highest BCUT2D eigenvalue weighted by atomic mass is 19.1. The lowest BCUT2D eigenvalue weighted by Gasteiger charge is -2.19. The van der Waals surface area contributed by atoms with Crippen LogP contribution in [0.2, 0.25) is 0 Å². The molecule has 94 valence electrons. The number of rotatable bonds is 6. The summed E-state index contributed by atoms with van der Waals surface area (Å²) < 4.78 is 13.3. The van der Waals surface area contributed by atoms with Gasteiger partial charge >= 0.3 is 0 Å². The van der Waals surface area contributed by atoms with Crippen LogP contribution in [0, 0.1) is 5.82 Å². The molecule has 0 aliphatic heterocycles. The van der Waals surface area contributed by atoms with Crippen molar-refractivity contribution >= 4 is 11.8 Å². The van der Waals surface area contributed by atoms with E-state index >= 15 is 0 Å². The van der Waals surface area contributed by atoms with Crippen molar-refractivity contribution in [3.63, 3.8) is 0 Å². The molecule has 0 radical (unpaired) electrons. The number of nitrogens with two attached hydrogens (primary N) is 1. The highest BCUT2D eigenvalue weighted by Crippen LogP contribution is 2.26. The number of hydrogen-bond donors (Lipinski definition) is 2. The van der Waals surface area contributed by atoms with Crippen LogP contribution in [-0.2, 0) is 0 Å². The predicted molar refractivity (Wildman–Crippen MR) is 65.2 cm³/mol. The third-order valence-corrected chi connectivity index (χ3v) is 2.92. The molecule has 3 N–H and O–H groups in total. The van der Waals surface area contributed by atoms with E-state index in [1.165, 1.54) is 12.8 Å². The maximum atomic E-state index is 13.3. The summed E-state index contributed by atoms with van der Waals surface area (Å²) in [6.07, 6.45) is 3.65. The first-order valence-corrected chi connectivity index (χ1v) is 5.96. The first-order valence-electron chi connectivity index (χ1n) is 5.96. The Morgan fingerprint density at radius 3 is 3.00 bits per heavy atom. The van der Waals surface area contributed by atoms with E-state index in [1.54, 1.807) is 0 Å². The fraction of sp³-hybridized carbons (Fsp3) is 0.636. The number of nitrogen functional groups attached to an aromatic ring is 1. The number of nitrogens with one attached hydrogen (secondary N) is 1. The zero-order chi connectivity index (χ0) is 12.3. The lowest BCUT2D eigenvalue weighted by atomic mass is 10.4. The molecule has 0 amide bonds. The summed E-state index contributed by atoms with van der Waals surface area (Å²) in [6, 6.07) is 0.724. The SMILES string of the molecule is CCN(CCNc1nc(N)ncc1F)C1CC1. The lowest BCUT2D eigenvalue weighted by molar-refractivity contribution is 0.289. The van der Waals surface area contributed by atoms with Crippen LogP contribution < -0.4 is 11.1 Å². The Labute approximate surface area is 100 Å². The van der Waals surface area contributed by atoms with E-state index in [0.717, 1.165) is 25.3 Å². The first-order chi connectivity index (χ1) is 8.20. The van der Waals surface area contributed by atoms with Gasteiger partial charge in [-0.05, 0) is 19.4 Å².